The third-order valence-corrected chi connectivity index (χ3v) is 12.2. The number of aromatic nitrogens is 3. The Hall–Kier alpha value is -4.94. The maximum atomic E-state index is 16.7. The summed E-state index contributed by atoms with van der Waals surface area (Å²) in [5.74, 6) is 0.933. The Morgan fingerprint density at radius 1 is 0.925 bits per heavy atom. The molecule has 5 aliphatic rings. The zero-order valence-electron chi connectivity index (χ0n) is 30.7. The minimum Gasteiger partial charge on any atom is -0.481 e. The van der Waals surface area contributed by atoms with Gasteiger partial charge in [-0.2, -0.15) is 0 Å². The highest BCUT2D eigenvalue weighted by Gasteiger charge is 2.55. The van der Waals surface area contributed by atoms with Gasteiger partial charge in [-0.25, -0.2) is 14.4 Å². The average Bonchev–Trinajstić information content (AvgIpc) is 3.71. The van der Waals surface area contributed by atoms with Crippen LogP contribution in [0.25, 0.3) is 33.6 Å². The Balaban J connectivity index is 0.958. The van der Waals surface area contributed by atoms with Crippen LogP contribution in [0.15, 0.2) is 48.7 Å². The van der Waals surface area contributed by atoms with Crippen molar-refractivity contribution in [2.45, 2.75) is 57.7 Å². The lowest BCUT2D eigenvalue weighted by Gasteiger charge is -2.61. The first kappa shape index (κ1) is 33.9. The van der Waals surface area contributed by atoms with Gasteiger partial charge in [0.1, 0.15) is 11.5 Å². The van der Waals surface area contributed by atoms with Gasteiger partial charge in [0, 0.05) is 92.9 Å². The summed E-state index contributed by atoms with van der Waals surface area (Å²) in [6, 6.07) is 13.5. The van der Waals surface area contributed by atoms with Crippen LogP contribution in [-0.4, -0.2) is 100 Å². The van der Waals surface area contributed by atoms with Gasteiger partial charge >= 0.3 is 0 Å². The minimum atomic E-state index is -0.341. The predicted octanol–water partition coefficient (Wildman–Crippen LogP) is 4.95. The number of carbonyl (C=O) groups is 2. The molecule has 0 unspecified atom stereocenters. The van der Waals surface area contributed by atoms with Crippen molar-refractivity contribution in [1.29, 1.82) is 0 Å². The SMILES string of the molecule is COc1nc(-c2cccc(-c3cccc(-c4cc5c(c(OC)n4)[C@@H](N4CC6(CN(C(C)=O)C6)C4)CC5)c3F)c2C)cnc1CN1CC2(CCC(=O)N2)C1. The van der Waals surface area contributed by atoms with Gasteiger partial charge < -0.3 is 19.7 Å². The molecule has 0 radical (unpaired) electrons. The summed E-state index contributed by atoms with van der Waals surface area (Å²) in [6.07, 6.45) is 5.04. The topological polar surface area (TPSA) is 113 Å². The normalized spacial score (nSPS) is 21.2. The van der Waals surface area contributed by atoms with Crippen molar-refractivity contribution in [2.24, 2.45) is 5.41 Å². The molecule has 11 nitrogen and oxygen atoms in total. The fraction of sp³-hybridized carbons (Fsp3) is 0.439. The molecule has 0 bridgehead atoms. The molecule has 2 spiro atoms. The second-order valence-corrected chi connectivity index (χ2v) is 15.8. The molecule has 2 amide bonds. The van der Waals surface area contributed by atoms with Gasteiger partial charge in [0.15, 0.2) is 0 Å². The molecule has 0 saturated carbocycles. The van der Waals surface area contributed by atoms with Gasteiger partial charge in [-0.1, -0.05) is 30.3 Å². The van der Waals surface area contributed by atoms with E-state index in [0.717, 1.165) is 92.0 Å². The molecule has 12 heteroatoms. The van der Waals surface area contributed by atoms with Crippen LogP contribution in [-0.2, 0) is 22.6 Å². The number of nitrogens with zero attached hydrogens (tertiary/aromatic N) is 6. The van der Waals surface area contributed by atoms with E-state index < -0.39 is 0 Å². The largest absolute Gasteiger partial charge is 0.481 e. The van der Waals surface area contributed by atoms with Crippen LogP contribution in [0.4, 0.5) is 4.39 Å². The van der Waals surface area contributed by atoms with E-state index in [1.165, 1.54) is 0 Å². The number of pyridine rings is 1. The van der Waals surface area contributed by atoms with Gasteiger partial charge in [-0.05, 0) is 55.0 Å². The van der Waals surface area contributed by atoms with E-state index >= 15 is 4.39 Å². The maximum Gasteiger partial charge on any atom is 0.237 e. The first-order valence-corrected chi connectivity index (χ1v) is 18.5. The molecule has 274 valence electrons. The quantitative estimate of drug-likeness (QED) is 0.271. The summed E-state index contributed by atoms with van der Waals surface area (Å²) in [4.78, 5) is 44.7. The van der Waals surface area contributed by atoms with Crippen LogP contribution in [0.1, 0.15) is 54.6 Å². The molecule has 4 aliphatic heterocycles. The molecule has 53 heavy (non-hydrogen) atoms. The van der Waals surface area contributed by atoms with Crippen molar-refractivity contribution in [3.63, 3.8) is 0 Å². The molecular weight excluding hydrogens is 673 g/mol. The number of hydrogen-bond acceptors (Lipinski definition) is 9. The van der Waals surface area contributed by atoms with Crippen LogP contribution in [0.3, 0.4) is 0 Å². The second kappa shape index (κ2) is 12.6. The molecule has 4 saturated heterocycles. The number of aryl methyl sites for hydroxylation is 1. The zero-order valence-corrected chi connectivity index (χ0v) is 30.7. The summed E-state index contributed by atoms with van der Waals surface area (Å²) in [6.45, 7) is 9.36. The van der Waals surface area contributed by atoms with Gasteiger partial charge in [-0.15, -0.1) is 0 Å². The summed E-state index contributed by atoms with van der Waals surface area (Å²) >= 11 is 0. The van der Waals surface area contributed by atoms with Crippen molar-refractivity contribution in [2.75, 3.05) is 53.5 Å². The van der Waals surface area contributed by atoms with Crippen LogP contribution < -0.4 is 14.8 Å². The van der Waals surface area contributed by atoms with Gasteiger partial charge in [0.05, 0.1) is 37.3 Å². The molecule has 4 fully saturated rings. The van der Waals surface area contributed by atoms with Gasteiger partial charge in [0.2, 0.25) is 23.6 Å². The van der Waals surface area contributed by atoms with E-state index in [1.807, 2.05) is 42.2 Å². The van der Waals surface area contributed by atoms with Crippen molar-refractivity contribution in [3.8, 4) is 45.4 Å². The standard InChI is InChI=1S/C41H44FN7O4/c1-24-27(7-5-8-28(24)32-16-43-33(38(45-32)52-3)17-47-22-41(23-47)14-13-35(51)46-41)29-9-6-10-30(37(29)42)31-15-26-11-12-34(36(26)39(44-31)53-4)49-20-40(21-49)18-48(19-40)25(2)50/h5-10,15-16,34H,11-14,17-23H2,1-4H3,(H,46,51)/t34-/m0/s1. The van der Waals surface area contributed by atoms with Crippen molar-refractivity contribution >= 4 is 11.8 Å². The molecule has 6 heterocycles. The fourth-order valence-electron chi connectivity index (χ4n) is 9.55. The lowest BCUT2D eigenvalue weighted by Crippen LogP contribution is -2.72. The van der Waals surface area contributed by atoms with Gasteiger partial charge in [0.25, 0.3) is 0 Å². The number of benzene rings is 2. The highest BCUT2D eigenvalue weighted by atomic mass is 19.1. The Labute approximate surface area is 308 Å². The summed E-state index contributed by atoms with van der Waals surface area (Å²) < 4.78 is 28.3. The molecule has 4 aromatic rings. The number of likely N-dealkylation sites (tertiary alicyclic amines) is 3. The van der Waals surface area contributed by atoms with Crippen LogP contribution in [0.5, 0.6) is 11.8 Å². The zero-order chi connectivity index (χ0) is 36.6. The first-order chi connectivity index (χ1) is 25.6. The summed E-state index contributed by atoms with van der Waals surface area (Å²) in [5, 5.41) is 3.12. The molecule has 1 aliphatic carbocycles. The van der Waals surface area contributed by atoms with Crippen LogP contribution >= 0.6 is 0 Å². The number of halogens is 1. The predicted molar refractivity (Wildman–Crippen MR) is 197 cm³/mol. The highest BCUT2D eigenvalue weighted by molar-refractivity contribution is 5.81. The first-order valence-electron chi connectivity index (χ1n) is 18.5. The number of hydrogen-bond donors (Lipinski definition) is 1. The highest BCUT2D eigenvalue weighted by Crippen LogP contribution is 2.50. The third kappa shape index (κ3) is 5.65. The number of methoxy groups -OCH3 is 2. The average molecular weight is 718 g/mol. The van der Waals surface area contributed by atoms with E-state index in [4.69, 9.17) is 24.4 Å². The van der Waals surface area contributed by atoms with E-state index in [1.54, 1.807) is 39.5 Å². The molecule has 2 aromatic heterocycles. The van der Waals surface area contributed by atoms with E-state index in [9.17, 15) is 9.59 Å². The summed E-state index contributed by atoms with van der Waals surface area (Å²) in [7, 11) is 3.23. The molecular formula is C41H44FN7O4. The number of rotatable bonds is 8. The lowest BCUT2D eigenvalue weighted by molar-refractivity contribution is -0.161. The van der Waals surface area contributed by atoms with Gasteiger partial charge in [-0.3, -0.25) is 24.4 Å². The monoisotopic (exact) mass is 717 g/mol. The smallest absolute Gasteiger partial charge is 0.237 e. The van der Waals surface area contributed by atoms with Crippen LogP contribution in [0, 0.1) is 18.2 Å². The number of fused-ring (bicyclic) bond motifs is 1. The number of nitrogens with one attached hydrogen (secondary N) is 1. The summed E-state index contributed by atoms with van der Waals surface area (Å²) in [5.41, 5.74) is 7.68. The number of carbonyl (C=O) groups excluding carboxylic acids is 2. The van der Waals surface area contributed by atoms with Crippen molar-refractivity contribution < 1.29 is 23.5 Å². The van der Waals surface area contributed by atoms with E-state index in [0.29, 0.717) is 47.2 Å². The fourth-order valence-corrected chi connectivity index (χ4v) is 9.55. The van der Waals surface area contributed by atoms with Crippen LogP contribution in [0.2, 0.25) is 0 Å². The van der Waals surface area contributed by atoms with E-state index in [2.05, 4.69) is 15.1 Å². The number of amides is 2. The second-order valence-electron chi connectivity index (χ2n) is 15.8. The van der Waals surface area contributed by atoms with Crippen molar-refractivity contribution in [3.05, 3.63) is 76.9 Å². The maximum absolute atomic E-state index is 16.7. The molecule has 2 aromatic carbocycles. The molecule has 9 rings (SSSR count). The van der Waals surface area contributed by atoms with E-state index in [-0.39, 0.29) is 34.6 Å². The Kier molecular flexibility index (Phi) is 8.04. The number of ether oxygens (including phenoxy) is 2. The third-order valence-electron chi connectivity index (χ3n) is 12.2. The molecule has 1 N–H and O–H groups in total. The Morgan fingerprint density at radius 3 is 2.32 bits per heavy atom. The molecule has 1 atom stereocenters. The Morgan fingerprint density at radius 2 is 1.62 bits per heavy atom. The van der Waals surface area contributed by atoms with Crippen molar-refractivity contribution in [1.82, 2.24) is 35.0 Å². The lowest BCUT2D eigenvalue weighted by atomic mass is 9.72. The Bertz CT molecular complexity index is 2150. The minimum absolute atomic E-state index is 0.108.